The van der Waals surface area contributed by atoms with Gasteiger partial charge in [0.15, 0.2) is 6.61 Å². The summed E-state index contributed by atoms with van der Waals surface area (Å²) in [6.45, 7) is 3.39. The van der Waals surface area contributed by atoms with E-state index in [0.717, 1.165) is 19.3 Å². The zero-order valence-electron chi connectivity index (χ0n) is 17.9. The van der Waals surface area contributed by atoms with Gasteiger partial charge in [0, 0.05) is 17.6 Å². The van der Waals surface area contributed by atoms with Crippen molar-refractivity contribution >= 4 is 17.8 Å². The number of rotatable bonds is 7. The van der Waals surface area contributed by atoms with Crippen molar-refractivity contribution in [2.75, 3.05) is 13.2 Å². The minimum atomic E-state index is -0.650. The molecule has 0 unspecified atom stereocenters. The molecule has 2 atom stereocenters. The lowest BCUT2D eigenvalue weighted by Gasteiger charge is -2.38. The Bertz CT molecular complexity index is 888. The highest BCUT2D eigenvalue weighted by molar-refractivity contribution is 5.96. The topological polar surface area (TPSA) is 84.9 Å². The van der Waals surface area contributed by atoms with E-state index >= 15 is 0 Å². The van der Waals surface area contributed by atoms with Crippen LogP contribution in [0.5, 0.6) is 11.5 Å². The van der Waals surface area contributed by atoms with Crippen molar-refractivity contribution in [2.24, 2.45) is 0 Å². The summed E-state index contributed by atoms with van der Waals surface area (Å²) in [4.78, 5) is 38.4. The average molecular weight is 424 g/mol. The molecule has 7 heteroatoms. The van der Waals surface area contributed by atoms with Gasteiger partial charge in [-0.3, -0.25) is 14.4 Å². The molecule has 7 nitrogen and oxygen atoms in total. The maximum atomic E-state index is 12.4. The first-order chi connectivity index (χ1) is 14.9. The van der Waals surface area contributed by atoms with E-state index in [4.69, 9.17) is 9.47 Å². The summed E-state index contributed by atoms with van der Waals surface area (Å²) < 4.78 is 10.7. The van der Waals surface area contributed by atoms with Gasteiger partial charge < -0.3 is 19.7 Å². The number of likely N-dealkylation sites (tertiary alicyclic amines) is 1. The van der Waals surface area contributed by atoms with Crippen LogP contribution in [0.3, 0.4) is 0 Å². The molecule has 1 aliphatic rings. The molecule has 1 heterocycles. The van der Waals surface area contributed by atoms with E-state index in [0.29, 0.717) is 17.1 Å². The Hall–Kier alpha value is -3.35. The molecule has 0 radical (unpaired) electrons. The van der Waals surface area contributed by atoms with Crippen LogP contribution < -0.4 is 10.1 Å². The molecule has 3 rings (SSSR count). The van der Waals surface area contributed by atoms with Crippen LogP contribution >= 0.6 is 0 Å². The summed E-state index contributed by atoms with van der Waals surface area (Å²) in [6.07, 6.45) is 3.00. The van der Waals surface area contributed by atoms with Gasteiger partial charge in [0.05, 0.1) is 0 Å². The molecule has 1 fully saturated rings. The van der Waals surface area contributed by atoms with Crippen LogP contribution in [0, 0.1) is 0 Å². The number of piperidine rings is 1. The minimum Gasteiger partial charge on any atom is -0.457 e. The van der Waals surface area contributed by atoms with Crippen LogP contribution in [0.25, 0.3) is 0 Å². The Kier molecular flexibility index (Phi) is 7.65. The Morgan fingerprint density at radius 1 is 0.935 bits per heavy atom. The van der Waals surface area contributed by atoms with Crippen molar-refractivity contribution in [3.05, 3.63) is 60.2 Å². The van der Waals surface area contributed by atoms with Crippen molar-refractivity contribution in [2.45, 2.75) is 45.2 Å². The van der Waals surface area contributed by atoms with Gasteiger partial charge in [-0.25, -0.2) is 0 Å². The summed E-state index contributed by atoms with van der Waals surface area (Å²) in [5.74, 6) is 0.0383. The van der Waals surface area contributed by atoms with Crippen LogP contribution in [0.1, 0.15) is 43.5 Å². The van der Waals surface area contributed by atoms with Crippen LogP contribution in [-0.4, -0.2) is 47.9 Å². The van der Waals surface area contributed by atoms with Gasteiger partial charge in [0.2, 0.25) is 0 Å². The van der Waals surface area contributed by atoms with Crippen LogP contribution in [-0.2, 0) is 14.3 Å². The fraction of sp³-hybridized carbons (Fsp3) is 0.375. The second kappa shape index (κ2) is 10.6. The van der Waals surface area contributed by atoms with Crippen molar-refractivity contribution in [3.63, 3.8) is 0 Å². The van der Waals surface area contributed by atoms with Gasteiger partial charge >= 0.3 is 5.97 Å². The Balaban J connectivity index is 1.42. The third kappa shape index (κ3) is 6.31. The van der Waals surface area contributed by atoms with E-state index in [-0.39, 0.29) is 31.1 Å². The van der Waals surface area contributed by atoms with Gasteiger partial charge in [0.1, 0.15) is 18.0 Å². The van der Waals surface area contributed by atoms with E-state index in [9.17, 15) is 14.4 Å². The largest absolute Gasteiger partial charge is 0.457 e. The number of benzene rings is 2. The average Bonchev–Trinajstić information content (AvgIpc) is 2.77. The van der Waals surface area contributed by atoms with E-state index in [2.05, 4.69) is 5.32 Å². The highest BCUT2D eigenvalue weighted by Crippen LogP contribution is 2.23. The maximum absolute atomic E-state index is 12.4. The molecular weight excluding hydrogens is 396 g/mol. The first-order valence-electron chi connectivity index (χ1n) is 10.5. The van der Waals surface area contributed by atoms with Crippen LogP contribution in [0.4, 0.5) is 0 Å². The van der Waals surface area contributed by atoms with E-state index in [1.807, 2.05) is 44.2 Å². The fourth-order valence-corrected chi connectivity index (χ4v) is 3.73. The molecule has 0 spiro atoms. The molecule has 0 saturated carbocycles. The molecule has 31 heavy (non-hydrogen) atoms. The molecule has 164 valence electrons. The number of nitrogens with one attached hydrogen (secondary N) is 1. The molecule has 2 aromatic rings. The van der Waals surface area contributed by atoms with Gasteiger partial charge in [-0.05, 0) is 69.5 Å². The number of esters is 1. The lowest BCUT2D eigenvalue weighted by molar-refractivity contribution is -0.154. The molecule has 1 saturated heterocycles. The first-order valence-corrected chi connectivity index (χ1v) is 10.5. The first kappa shape index (κ1) is 22.3. The van der Waals surface area contributed by atoms with Crippen molar-refractivity contribution < 1.29 is 23.9 Å². The Morgan fingerprint density at radius 2 is 1.55 bits per heavy atom. The van der Waals surface area contributed by atoms with Crippen molar-refractivity contribution in [1.82, 2.24) is 10.2 Å². The van der Waals surface area contributed by atoms with E-state index < -0.39 is 11.9 Å². The van der Waals surface area contributed by atoms with Crippen LogP contribution in [0.15, 0.2) is 54.6 Å². The normalized spacial score (nSPS) is 18.2. The molecule has 1 aliphatic heterocycles. The highest BCUT2D eigenvalue weighted by atomic mass is 16.5. The predicted octanol–water partition coefficient (Wildman–Crippen LogP) is 3.54. The number of carbonyl (C=O) groups is 3. The second-order valence-corrected chi connectivity index (χ2v) is 7.71. The summed E-state index contributed by atoms with van der Waals surface area (Å²) in [5, 5.41) is 2.51. The Labute approximate surface area is 182 Å². The van der Waals surface area contributed by atoms with Gasteiger partial charge in [0.25, 0.3) is 11.8 Å². The number of nitrogens with zero attached hydrogens (tertiary/aromatic N) is 1. The highest BCUT2D eigenvalue weighted by Gasteiger charge is 2.29. The molecule has 2 aromatic carbocycles. The third-order valence-corrected chi connectivity index (χ3v) is 5.33. The maximum Gasteiger partial charge on any atom is 0.325 e. The SMILES string of the molecule is C[C@@H]1CCC[C@H](C)N1C(=O)COC(=O)CNC(=O)c1ccc(Oc2ccccc2)cc1. The van der Waals surface area contributed by atoms with Crippen molar-refractivity contribution in [3.8, 4) is 11.5 Å². The van der Waals surface area contributed by atoms with E-state index in [1.165, 1.54) is 0 Å². The number of hydrogen-bond donors (Lipinski definition) is 1. The Morgan fingerprint density at radius 3 is 2.19 bits per heavy atom. The molecule has 0 aromatic heterocycles. The minimum absolute atomic E-state index is 0.142. The lowest BCUT2D eigenvalue weighted by atomic mass is 9.97. The molecular formula is C24H28N2O5. The zero-order chi connectivity index (χ0) is 22.2. The monoisotopic (exact) mass is 424 g/mol. The molecule has 0 aliphatic carbocycles. The number of amides is 2. The second-order valence-electron chi connectivity index (χ2n) is 7.71. The fourth-order valence-electron chi connectivity index (χ4n) is 3.73. The molecule has 1 N–H and O–H groups in total. The quantitative estimate of drug-likeness (QED) is 0.687. The molecule has 0 bridgehead atoms. The zero-order valence-corrected chi connectivity index (χ0v) is 17.9. The van der Waals surface area contributed by atoms with E-state index in [1.54, 1.807) is 29.2 Å². The summed E-state index contributed by atoms with van der Waals surface area (Å²) >= 11 is 0. The third-order valence-electron chi connectivity index (χ3n) is 5.33. The predicted molar refractivity (Wildman–Crippen MR) is 116 cm³/mol. The van der Waals surface area contributed by atoms with Gasteiger partial charge in [-0.15, -0.1) is 0 Å². The van der Waals surface area contributed by atoms with Gasteiger partial charge in [-0.1, -0.05) is 18.2 Å². The van der Waals surface area contributed by atoms with Crippen LogP contribution in [0.2, 0.25) is 0 Å². The number of carbonyl (C=O) groups excluding carboxylic acids is 3. The number of para-hydroxylation sites is 1. The smallest absolute Gasteiger partial charge is 0.325 e. The van der Waals surface area contributed by atoms with Crippen molar-refractivity contribution in [1.29, 1.82) is 0 Å². The summed E-state index contributed by atoms with van der Waals surface area (Å²) in [5.41, 5.74) is 0.389. The lowest BCUT2D eigenvalue weighted by Crippen LogP contribution is -2.49. The summed E-state index contributed by atoms with van der Waals surface area (Å²) in [7, 11) is 0. The van der Waals surface area contributed by atoms with Gasteiger partial charge in [-0.2, -0.15) is 0 Å². The standard InChI is InChI=1S/C24H28N2O5/c1-17-7-6-8-18(2)26(17)22(27)16-30-23(28)15-25-24(29)19-11-13-21(14-12-19)31-20-9-4-3-5-10-20/h3-5,9-14,17-18H,6-8,15-16H2,1-2H3,(H,25,29)/t17-,18+. The molecule has 2 amide bonds. The number of ether oxygens (including phenoxy) is 2. The number of hydrogen-bond acceptors (Lipinski definition) is 5. The summed E-state index contributed by atoms with van der Waals surface area (Å²) in [6, 6.07) is 16.2.